The summed E-state index contributed by atoms with van der Waals surface area (Å²) in [6.07, 6.45) is 8.02. The van der Waals surface area contributed by atoms with E-state index in [1.54, 1.807) is 0 Å². The molecule has 4 aliphatic heterocycles. The summed E-state index contributed by atoms with van der Waals surface area (Å²) in [5.74, 6) is -4.12. The molecule has 1 unspecified atom stereocenters. The van der Waals surface area contributed by atoms with E-state index in [4.69, 9.17) is 38.5 Å². The summed E-state index contributed by atoms with van der Waals surface area (Å²) in [5, 5.41) is 11.3. The zero-order chi connectivity index (χ0) is 53.6. The van der Waals surface area contributed by atoms with Gasteiger partial charge in [-0.15, -0.1) is 0 Å². The molecule has 0 aromatic carbocycles. The average molecular weight is 1040 g/mol. The molecular formula is C50H82N6O17. The number of nitrogens with one attached hydrogen (secondary N) is 3. The van der Waals surface area contributed by atoms with Gasteiger partial charge in [-0.05, 0) is 102 Å². The second kappa shape index (κ2) is 30.4. The second-order valence-electron chi connectivity index (χ2n) is 19.8. The zero-order valence-corrected chi connectivity index (χ0v) is 44.1. The van der Waals surface area contributed by atoms with E-state index in [-0.39, 0.29) is 93.1 Å². The summed E-state index contributed by atoms with van der Waals surface area (Å²) in [6, 6.07) is 0. The van der Waals surface area contributed by atoms with E-state index >= 15 is 0 Å². The maximum atomic E-state index is 12.9. The van der Waals surface area contributed by atoms with Crippen LogP contribution in [0.15, 0.2) is 0 Å². The highest BCUT2D eigenvalue weighted by Crippen LogP contribution is 2.60. The fourth-order valence-corrected chi connectivity index (χ4v) is 9.98. The van der Waals surface area contributed by atoms with Crippen LogP contribution in [0.2, 0.25) is 0 Å². The van der Waals surface area contributed by atoms with Crippen LogP contribution in [-0.4, -0.2) is 138 Å². The molecule has 3 N–H and O–H groups in total. The molecule has 0 aromatic heterocycles. The topological polar surface area (TPSA) is 273 Å². The van der Waals surface area contributed by atoms with Crippen molar-refractivity contribution in [2.24, 2.45) is 23.7 Å². The summed E-state index contributed by atoms with van der Waals surface area (Å²) >= 11 is 0. The molecule has 1 spiro atoms. The maximum absolute atomic E-state index is 12.9. The molecule has 1 saturated carbocycles. The molecule has 5 aliphatic rings. The third-order valence-corrected chi connectivity index (χ3v) is 13.8. The van der Waals surface area contributed by atoms with Crippen molar-refractivity contribution in [3.63, 3.8) is 0 Å². The minimum atomic E-state index is -0.862. The van der Waals surface area contributed by atoms with Gasteiger partial charge in [-0.25, -0.2) is 9.78 Å². The Morgan fingerprint density at radius 1 is 0.548 bits per heavy atom. The van der Waals surface area contributed by atoms with Gasteiger partial charge in [0.15, 0.2) is 18.2 Å². The van der Waals surface area contributed by atoms with Crippen molar-refractivity contribution >= 4 is 53.4 Å². The molecule has 414 valence electrons. The third-order valence-electron chi connectivity index (χ3n) is 13.8. The Morgan fingerprint density at radius 3 is 1.52 bits per heavy atom. The number of carbonyl (C=O) groups excluding carboxylic acids is 9. The summed E-state index contributed by atoms with van der Waals surface area (Å²) in [4.78, 5) is 136. The Hall–Kier alpha value is -4.97. The normalized spacial score (nSPS) is 24.7. The van der Waals surface area contributed by atoms with Crippen LogP contribution in [-0.2, 0) is 81.6 Å². The minimum absolute atomic E-state index is 0.0489. The Morgan fingerprint density at radius 2 is 1.03 bits per heavy atom. The van der Waals surface area contributed by atoms with Crippen LogP contribution in [0.3, 0.4) is 0 Å². The molecule has 4 saturated heterocycles. The number of nitrogens with zero attached hydrogens (tertiary/aromatic N) is 3. The molecule has 4 heterocycles. The van der Waals surface area contributed by atoms with Gasteiger partial charge in [0.1, 0.15) is 0 Å². The van der Waals surface area contributed by atoms with Crippen LogP contribution in [0, 0.1) is 23.7 Å². The molecule has 23 nitrogen and oxygen atoms in total. The van der Waals surface area contributed by atoms with Gasteiger partial charge >= 0.3 is 17.9 Å². The standard InChI is InChI=1S/C50H82N6O17/c1-34-19-20-41-35(2)47(67-48-50(41)40(34)25-26-49(7,68-48)72-73-50)66-33-17-18-42(61)51-27-12-9-15-31-55(70-38(5)59)45(64)24-22-44(63)53-29-13-10-16-32-56(71-39(6)60)46(65)23-21-43(62)52-28-11-8-14-30-54(36(3)57)69-37(4)58/h34-35,40-41,47-48H,8-33H2,1-7H3,(H,51,61)(H,52,62)(H,53,63)/t34-,35-,40+,41+,47?,48-,49-,50-/m1/s1. The summed E-state index contributed by atoms with van der Waals surface area (Å²) < 4.78 is 19.1. The molecule has 8 atom stereocenters. The Labute approximate surface area is 429 Å². The van der Waals surface area contributed by atoms with E-state index in [9.17, 15) is 43.2 Å². The Kier molecular flexibility index (Phi) is 25.2. The Bertz CT molecular complexity index is 1870. The molecule has 23 heteroatoms. The van der Waals surface area contributed by atoms with E-state index in [2.05, 4.69) is 29.8 Å². The lowest BCUT2D eigenvalue weighted by Gasteiger charge is -2.60. The molecule has 0 aromatic rings. The van der Waals surface area contributed by atoms with Gasteiger partial charge in [0.05, 0.1) is 26.2 Å². The number of unbranched alkanes of at least 4 members (excludes halogenated alkanes) is 6. The molecule has 6 amide bonds. The summed E-state index contributed by atoms with van der Waals surface area (Å²) in [6.45, 7) is 13.0. The first-order valence-corrected chi connectivity index (χ1v) is 26.3. The summed E-state index contributed by atoms with van der Waals surface area (Å²) in [5.41, 5.74) is -0.656. The van der Waals surface area contributed by atoms with Crippen molar-refractivity contribution in [2.45, 2.75) is 194 Å². The van der Waals surface area contributed by atoms with Gasteiger partial charge in [0, 0.05) is 97.7 Å². The number of hydrogen-bond acceptors (Lipinski definition) is 17. The van der Waals surface area contributed by atoms with E-state index in [0.29, 0.717) is 96.4 Å². The third kappa shape index (κ3) is 19.7. The predicted octanol–water partition coefficient (Wildman–Crippen LogP) is 4.35. The predicted molar refractivity (Wildman–Crippen MR) is 257 cm³/mol. The first-order chi connectivity index (χ1) is 34.7. The largest absolute Gasteiger partial charge is 0.356 e. The fraction of sp³-hybridized carbons (Fsp3) is 0.820. The molecule has 5 fully saturated rings. The van der Waals surface area contributed by atoms with Crippen molar-refractivity contribution in [2.75, 3.05) is 45.9 Å². The SMILES string of the molecule is CC(=O)ON(CCCCCNC(=O)CCC(=O)N(CCCCCNC(=O)CCC(=O)N(CCCCCNC(=O)CCCOC1O[C@@H]2O[C@@]3(C)CC[C@H]4[C@H](C)CC[C@@H]([C@H]1C)[C@@]24OO3)OC(C)=O)OC(C)=O)C(C)=O. The van der Waals surface area contributed by atoms with Crippen LogP contribution >= 0.6 is 0 Å². The number of amides is 6. The lowest BCUT2D eigenvalue weighted by Crippen LogP contribution is -2.70. The van der Waals surface area contributed by atoms with Crippen molar-refractivity contribution in [1.29, 1.82) is 0 Å². The second-order valence-corrected chi connectivity index (χ2v) is 19.8. The van der Waals surface area contributed by atoms with Crippen LogP contribution in [0.25, 0.3) is 0 Å². The molecule has 0 radical (unpaired) electrons. The van der Waals surface area contributed by atoms with Crippen LogP contribution in [0.1, 0.15) is 170 Å². The highest BCUT2D eigenvalue weighted by Gasteiger charge is 2.69. The molecule has 1 aliphatic carbocycles. The summed E-state index contributed by atoms with van der Waals surface area (Å²) in [7, 11) is 0. The van der Waals surface area contributed by atoms with Crippen LogP contribution in [0.5, 0.6) is 0 Å². The fourth-order valence-electron chi connectivity index (χ4n) is 9.98. The van der Waals surface area contributed by atoms with Gasteiger partial charge in [-0.1, -0.05) is 13.8 Å². The van der Waals surface area contributed by atoms with Crippen molar-refractivity contribution in [3.05, 3.63) is 0 Å². The molecule has 2 bridgehead atoms. The van der Waals surface area contributed by atoms with Crippen LogP contribution < -0.4 is 16.0 Å². The van der Waals surface area contributed by atoms with E-state index in [1.165, 1.54) is 27.7 Å². The molecular weight excluding hydrogens is 957 g/mol. The van der Waals surface area contributed by atoms with Crippen molar-refractivity contribution in [3.8, 4) is 0 Å². The highest BCUT2D eigenvalue weighted by atomic mass is 17.3. The zero-order valence-electron chi connectivity index (χ0n) is 44.1. The first-order valence-electron chi connectivity index (χ1n) is 26.3. The van der Waals surface area contributed by atoms with Gasteiger partial charge in [0.2, 0.25) is 23.5 Å². The van der Waals surface area contributed by atoms with Crippen molar-refractivity contribution in [1.82, 2.24) is 31.1 Å². The Balaban J connectivity index is 1.01. The number of rotatable bonds is 29. The molecule has 73 heavy (non-hydrogen) atoms. The highest BCUT2D eigenvalue weighted by molar-refractivity contribution is 5.85. The van der Waals surface area contributed by atoms with Gasteiger partial charge in [-0.2, -0.15) is 15.2 Å². The van der Waals surface area contributed by atoms with Gasteiger partial charge < -0.3 is 44.7 Å². The van der Waals surface area contributed by atoms with Gasteiger partial charge in [0.25, 0.3) is 17.7 Å². The lowest BCUT2D eigenvalue weighted by molar-refractivity contribution is -0.577. The average Bonchev–Trinajstić information content (AvgIpc) is 3.57. The van der Waals surface area contributed by atoms with Crippen LogP contribution in [0.4, 0.5) is 0 Å². The lowest BCUT2D eigenvalue weighted by atomic mass is 9.58. The number of ether oxygens (including phenoxy) is 3. The smallest absolute Gasteiger partial charge is 0.329 e. The number of hydroxylamine groups is 6. The maximum Gasteiger partial charge on any atom is 0.329 e. The monoisotopic (exact) mass is 1040 g/mol. The van der Waals surface area contributed by atoms with E-state index in [0.717, 1.165) is 40.9 Å². The number of fused-ring (bicyclic) bond motifs is 2. The minimum Gasteiger partial charge on any atom is -0.356 e. The van der Waals surface area contributed by atoms with E-state index in [1.807, 2.05) is 6.92 Å². The number of carbonyl (C=O) groups is 9. The first kappa shape index (κ1) is 60.6. The van der Waals surface area contributed by atoms with Crippen molar-refractivity contribution < 1.29 is 81.6 Å². The number of hydrogen-bond donors (Lipinski definition) is 3. The quantitative estimate of drug-likeness (QED) is 0.0534. The molecule has 5 rings (SSSR count). The van der Waals surface area contributed by atoms with Gasteiger partial charge in [-0.3, -0.25) is 43.2 Å². The van der Waals surface area contributed by atoms with E-state index < -0.39 is 53.7 Å².